The molecule has 3 rings (SSSR count). The Labute approximate surface area is 182 Å². The molecule has 0 aliphatic carbocycles. The van der Waals surface area contributed by atoms with E-state index in [9.17, 15) is 18.0 Å². The number of fused-ring (bicyclic) bond motifs is 1. The van der Waals surface area contributed by atoms with E-state index in [1.807, 2.05) is 39.8 Å². The average Bonchev–Trinajstić information content (AvgIpc) is 3.06. The highest BCUT2D eigenvalue weighted by Crippen LogP contribution is 2.34. The molecule has 0 fully saturated rings. The highest BCUT2D eigenvalue weighted by atomic mass is 35.5. The summed E-state index contributed by atoms with van der Waals surface area (Å²) in [6.07, 6.45) is -3.66. The second-order valence-corrected chi connectivity index (χ2v) is 7.92. The Hall–Kier alpha value is -2.74. The minimum Gasteiger partial charge on any atom is -0.482 e. The van der Waals surface area contributed by atoms with Crippen LogP contribution in [-0.2, 0) is 22.3 Å². The molecule has 0 unspecified atom stereocenters. The molecule has 0 radical (unpaired) electrons. The number of halogens is 4. The van der Waals surface area contributed by atoms with Crippen LogP contribution in [-0.4, -0.2) is 22.0 Å². The van der Waals surface area contributed by atoms with Crippen molar-refractivity contribution in [1.82, 2.24) is 9.38 Å². The van der Waals surface area contributed by atoms with Crippen molar-refractivity contribution in [1.29, 1.82) is 0 Å². The van der Waals surface area contributed by atoms with Gasteiger partial charge in [0, 0.05) is 6.20 Å². The molecule has 0 bridgehead atoms. The number of nitrogens with zero attached hydrogens (tertiary/aromatic N) is 2. The molecule has 31 heavy (non-hydrogen) atoms. The minimum absolute atomic E-state index is 0.120. The molecule has 0 saturated carbocycles. The molecule has 0 saturated heterocycles. The van der Waals surface area contributed by atoms with Gasteiger partial charge in [0.15, 0.2) is 12.3 Å². The predicted molar refractivity (Wildman–Crippen MR) is 111 cm³/mol. The van der Waals surface area contributed by atoms with Crippen LogP contribution in [0.25, 0.3) is 5.65 Å². The molecular formula is C22H22ClF3N2O3. The zero-order valence-electron chi connectivity index (χ0n) is 17.5. The first kappa shape index (κ1) is 22.9. The highest BCUT2D eigenvalue weighted by molar-refractivity contribution is 6.33. The molecule has 0 atom stereocenters. The van der Waals surface area contributed by atoms with E-state index in [1.54, 1.807) is 6.07 Å². The number of alkyl halides is 3. The lowest BCUT2D eigenvalue weighted by Crippen LogP contribution is -2.16. The number of carbonyl (C=O) groups is 1. The van der Waals surface area contributed by atoms with Gasteiger partial charge in [-0.3, -0.25) is 4.40 Å². The Kier molecular flexibility index (Phi) is 6.50. The van der Waals surface area contributed by atoms with E-state index in [0.717, 1.165) is 23.4 Å². The summed E-state index contributed by atoms with van der Waals surface area (Å²) in [6.45, 7) is 6.91. The fourth-order valence-electron chi connectivity index (χ4n) is 3.14. The smallest absolute Gasteiger partial charge is 0.417 e. The van der Waals surface area contributed by atoms with Crippen molar-refractivity contribution in [3.05, 3.63) is 63.6 Å². The maximum Gasteiger partial charge on any atom is 0.417 e. The summed E-state index contributed by atoms with van der Waals surface area (Å²) in [7, 11) is 0. The van der Waals surface area contributed by atoms with Crippen LogP contribution in [0, 0.1) is 13.8 Å². The number of imidazole rings is 1. The van der Waals surface area contributed by atoms with Crippen molar-refractivity contribution in [3.63, 3.8) is 0 Å². The molecule has 2 aromatic heterocycles. The maximum absolute atomic E-state index is 13.2. The van der Waals surface area contributed by atoms with Crippen LogP contribution in [0.5, 0.6) is 5.75 Å². The van der Waals surface area contributed by atoms with Crippen LogP contribution < -0.4 is 4.74 Å². The fraction of sp³-hybridized carbons (Fsp3) is 0.364. The van der Waals surface area contributed by atoms with E-state index >= 15 is 0 Å². The van der Waals surface area contributed by atoms with Crippen LogP contribution in [0.4, 0.5) is 13.2 Å². The largest absolute Gasteiger partial charge is 0.482 e. The van der Waals surface area contributed by atoms with Gasteiger partial charge in [0.1, 0.15) is 12.4 Å². The summed E-state index contributed by atoms with van der Waals surface area (Å²) in [6, 6.07) is 6.33. The Morgan fingerprint density at radius 2 is 1.97 bits per heavy atom. The zero-order chi connectivity index (χ0) is 22.9. The van der Waals surface area contributed by atoms with Crippen LogP contribution in [0.2, 0.25) is 5.02 Å². The summed E-state index contributed by atoms with van der Waals surface area (Å²) < 4.78 is 51.8. The standard InChI is InChI=1S/C22H22ClF3N2O3/c1-12(2)20-17(28-9-15(22(24,25)26)8-16(23)21(28)27-20)10-31-19(29)11-30-18-7-5-6-13(3)14(18)4/h5-9,12H,10-11H2,1-4H3. The van der Waals surface area contributed by atoms with Crippen molar-refractivity contribution >= 4 is 23.2 Å². The lowest BCUT2D eigenvalue weighted by Gasteiger charge is -2.12. The first-order valence-corrected chi connectivity index (χ1v) is 9.99. The number of esters is 1. The third-order valence-electron chi connectivity index (χ3n) is 4.95. The second-order valence-electron chi connectivity index (χ2n) is 7.51. The quantitative estimate of drug-likeness (QED) is 0.437. The van der Waals surface area contributed by atoms with Gasteiger partial charge in [0.05, 0.1) is 22.0 Å². The highest BCUT2D eigenvalue weighted by Gasteiger charge is 2.32. The summed E-state index contributed by atoms with van der Waals surface area (Å²) in [5.74, 6) is -0.204. The fourth-order valence-corrected chi connectivity index (χ4v) is 3.39. The normalized spacial score (nSPS) is 11.9. The van der Waals surface area contributed by atoms with Gasteiger partial charge in [0.2, 0.25) is 0 Å². The molecule has 2 heterocycles. The van der Waals surface area contributed by atoms with Gasteiger partial charge in [-0.05, 0) is 43.0 Å². The summed E-state index contributed by atoms with van der Waals surface area (Å²) >= 11 is 6.05. The van der Waals surface area contributed by atoms with Gasteiger partial charge in [-0.1, -0.05) is 37.6 Å². The monoisotopic (exact) mass is 454 g/mol. The van der Waals surface area contributed by atoms with Crippen LogP contribution in [0.15, 0.2) is 30.5 Å². The van der Waals surface area contributed by atoms with E-state index in [2.05, 4.69) is 4.98 Å². The van der Waals surface area contributed by atoms with Crippen LogP contribution >= 0.6 is 11.6 Å². The number of hydrogen-bond donors (Lipinski definition) is 0. The van der Waals surface area contributed by atoms with E-state index in [1.165, 1.54) is 4.40 Å². The van der Waals surface area contributed by atoms with E-state index in [0.29, 0.717) is 17.1 Å². The number of carbonyl (C=O) groups excluding carboxylic acids is 1. The van der Waals surface area contributed by atoms with Crippen molar-refractivity contribution in [2.24, 2.45) is 0 Å². The number of rotatable bonds is 6. The lowest BCUT2D eigenvalue weighted by molar-refractivity contribution is -0.147. The SMILES string of the molecule is Cc1cccc(OCC(=O)OCc2c(C(C)C)nc3c(Cl)cc(C(F)(F)F)cn23)c1C. The number of aryl methyl sites for hydroxylation is 1. The number of hydrogen-bond acceptors (Lipinski definition) is 4. The first-order chi connectivity index (χ1) is 14.5. The molecule has 0 aliphatic rings. The Bertz CT molecular complexity index is 1120. The van der Waals surface area contributed by atoms with E-state index in [-0.39, 0.29) is 29.8 Å². The summed E-state index contributed by atoms with van der Waals surface area (Å²) in [5.41, 5.74) is 2.03. The molecular weight excluding hydrogens is 433 g/mol. The Morgan fingerprint density at radius 1 is 1.26 bits per heavy atom. The van der Waals surface area contributed by atoms with Gasteiger partial charge in [-0.2, -0.15) is 13.2 Å². The number of benzene rings is 1. The molecule has 3 aromatic rings. The van der Waals surface area contributed by atoms with Crippen molar-refractivity contribution in [3.8, 4) is 5.75 Å². The minimum atomic E-state index is -4.58. The summed E-state index contributed by atoms with van der Waals surface area (Å²) in [5, 5.41) is -0.132. The van der Waals surface area contributed by atoms with Crippen LogP contribution in [0.3, 0.4) is 0 Å². The van der Waals surface area contributed by atoms with Gasteiger partial charge in [-0.15, -0.1) is 0 Å². The number of pyridine rings is 1. The van der Waals surface area contributed by atoms with Gasteiger partial charge < -0.3 is 9.47 Å². The molecule has 0 N–H and O–H groups in total. The van der Waals surface area contributed by atoms with Gasteiger partial charge >= 0.3 is 12.1 Å². The molecule has 9 heteroatoms. The third kappa shape index (κ3) is 4.95. The molecule has 5 nitrogen and oxygen atoms in total. The van der Waals surface area contributed by atoms with Gasteiger partial charge in [-0.25, -0.2) is 9.78 Å². The van der Waals surface area contributed by atoms with Gasteiger partial charge in [0.25, 0.3) is 0 Å². The third-order valence-corrected chi connectivity index (χ3v) is 5.23. The zero-order valence-corrected chi connectivity index (χ0v) is 18.3. The maximum atomic E-state index is 13.2. The predicted octanol–water partition coefficient (Wildman–Crippen LogP) is 5.87. The molecule has 0 aliphatic heterocycles. The van der Waals surface area contributed by atoms with E-state index < -0.39 is 17.7 Å². The molecule has 0 amide bonds. The lowest BCUT2D eigenvalue weighted by atomic mass is 10.1. The van der Waals surface area contributed by atoms with Crippen molar-refractivity contribution in [2.75, 3.05) is 6.61 Å². The van der Waals surface area contributed by atoms with Crippen molar-refractivity contribution < 1.29 is 27.4 Å². The molecule has 1 aromatic carbocycles. The van der Waals surface area contributed by atoms with Crippen molar-refractivity contribution in [2.45, 2.75) is 46.4 Å². The number of ether oxygens (including phenoxy) is 2. The van der Waals surface area contributed by atoms with Crippen LogP contribution in [0.1, 0.15) is 47.8 Å². The first-order valence-electron chi connectivity index (χ1n) is 9.61. The topological polar surface area (TPSA) is 52.8 Å². The average molecular weight is 455 g/mol. The Morgan fingerprint density at radius 3 is 2.61 bits per heavy atom. The second kappa shape index (κ2) is 8.78. The van der Waals surface area contributed by atoms with E-state index in [4.69, 9.17) is 21.1 Å². The molecule has 166 valence electrons. The molecule has 0 spiro atoms. The Balaban J connectivity index is 1.82. The number of aromatic nitrogens is 2. The summed E-state index contributed by atoms with van der Waals surface area (Å²) in [4.78, 5) is 16.6.